The topological polar surface area (TPSA) is 58.9 Å². The van der Waals surface area contributed by atoms with Crippen LogP contribution in [0.25, 0.3) is 42.7 Å². The van der Waals surface area contributed by atoms with Crippen LogP contribution >= 0.6 is 22.7 Å². The van der Waals surface area contributed by atoms with E-state index in [4.69, 9.17) is 18.9 Å². The molecule has 0 unspecified atom stereocenters. The van der Waals surface area contributed by atoms with E-state index in [0.717, 1.165) is 78.7 Å². The molecule has 5 aromatic rings. The van der Waals surface area contributed by atoms with Crippen molar-refractivity contribution in [1.29, 1.82) is 0 Å². The molecule has 0 aliphatic carbocycles. The van der Waals surface area contributed by atoms with Crippen molar-refractivity contribution in [3.05, 3.63) is 57.4 Å². The first-order valence-corrected chi connectivity index (χ1v) is 15.3. The molecule has 0 saturated carbocycles. The van der Waals surface area contributed by atoms with Crippen molar-refractivity contribution in [2.45, 2.75) is 39.2 Å². The van der Waals surface area contributed by atoms with E-state index in [1.165, 1.54) is 19.3 Å². The van der Waals surface area contributed by atoms with Gasteiger partial charge in [-0.2, -0.15) is 0 Å². The fourth-order valence-corrected chi connectivity index (χ4v) is 7.38. The van der Waals surface area contributed by atoms with Gasteiger partial charge in [0.05, 0.1) is 20.8 Å². The number of pyridine rings is 1. The number of rotatable bonds is 7. The maximum Gasteiger partial charge on any atom is 0.197 e. The number of unbranched alkanes of at least 4 members (excludes halogenated alkanes) is 3. The van der Waals surface area contributed by atoms with Crippen LogP contribution in [0.5, 0.6) is 23.0 Å². The predicted molar refractivity (Wildman–Crippen MR) is 158 cm³/mol. The van der Waals surface area contributed by atoms with Gasteiger partial charge in [-0.3, -0.25) is 4.79 Å². The SMILES string of the molecule is CCCCCCn1c2ccc(-c3scc4c3OCCO4)cc2c(=O)c2cc(-c3scc4c3OCCO4)ccc21. The third-order valence-electron chi connectivity index (χ3n) is 7.43. The average molecular weight is 560 g/mol. The van der Waals surface area contributed by atoms with E-state index in [1.807, 2.05) is 22.9 Å². The van der Waals surface area contributed by atoms with Gasteiger partial charge in [-0.05, 0) is 41.8 Å². The Kier molecular flexibility index (Phi) is 6.45. The van der Waals surface area contributed by atoms with Gasteiger partial charge in [0, 0.05) is 28.1 Å². The summed E-state index contributed by atoms with van der Waals surface area (Å²) in [6.07, 6.45) is 4.63. The molecule has 6 nitrogen and oxygen atoms in total. The van der Waals surface area contributed by atoms with E-state index in [0.29, 0.717) is 26.4 Å². The third-order valence-corrected chi connectivity index (χ3v) is 9.40. The molecule has 0 atom stereocenters. The molecular formula is C31H29NO5S2. The van der Waals surface area contributed by atoms with Gasteiger partial charge in [0.2, 0.25) is 0 Å². The highest BCUT2D eigenvalue weighted by Gasteiger charge is 2.23. The van der Waals surface area contributed by atoms with Gasteiger partial charge in [-0.15, -0.1) is 22.7 Å². The minimum absolute atomic E-state index is 0.0405. The summed E-state index contributed by atoms with van der Waals surface area (Å²) in [6, 6.07) is 12.4. The Hall–Kier alpha value is -3.49. The molecule has 7 rings (SSSR count). The van der Waals surface area contributed by atoms with Crippen LogP contribution in [0.1, 0.15) is 32.6 Å². The van der Waals surface area contributed by atoms with Gasteiger partial charge in [0.1, 0.15) is 26.4 Å². The molecule has 3 aromatic heterocycles. The number of aromatic nitrogens is 1. The summed E-state index contributed by atoms with van der Waals surface area (Å²) in [5, 5.41) is 5.42. The van der Waals surface area contributed by atoms with Gasteiger partial charge in [0.15, 0.2) is 28.4 Å². The number of aryl methyl sites for hydroxylation is 1. The van der Waals surface area contributed by atoms with Gasteiger partial charge in [-0.1, -0.05) is 38.3 Å². The lowest BCUT2D eigenvalue weighted by atomic mass is 10.0. The molecule has 0 radical (unpaired) electrons. The molecule has 0 bridgehead atoms. The highest BCUT2D eigenvalue weighted by Crippen LogP contribution is 2.47. The van der Waals surface area contributed by atoms with Gasteiger partial charge < -0.3 is 23.5 Å². The van der Waals surface area contributed by atoms with Crippen LogP contribution in [0, 0.1) is 0 Å². The second-order valence-electron chi connectivity index (χ2n) is 9.92. The van der Waals surface area contributed by atoms with Crippen molar-refractivity contribution < 1.29 is 18.9 Å². The lowest BCUT2D eigenvalue weighted by molar-refractivity contribution is 0.174. The third kappa shape index (κ3) is 4.26. The first-order valence-electron chi connectivity index (χ1n) is 13.6. The van der Waals surface area contributed by atoms with Crippen LogP contribution in [-0.2, 0) is 6.54 Å². The van der Waals surface area contributed by atoms with Crippen molar-refractivity contribution in [3.8, 4) is 43.9 Å². The van der Waals surface area contributed by atoms with Crippen molar-refractivity contribution in [3.63, 3.8) is 0 Å². The number of ether oxygens (including phenoxy) is 4. The summed E-state index contributed by atoms with van der Waals surface area (Å²) >= 11 is 3.18. The molecule has 0 N–H and O–H groups in total. The minimum Gasteiger partial charge on any atom is -0.485 e. The van der Waals surface area contributed by atoms with Crippen LogP contribution in [-0.4, -0.2) is 31.0 Å². The van der Waals surface area contributed by atoms with Crippen LogP contribution in [0.2, 0.25) is 0 Å². The van der Waals surface area contributed by atoms with E-state index in [-0.39, 0.29) is 5.43 Å². The Labute approximate surface area is 234 Å². The van der Waals surface area contributed by atoms with Crippen molar-refractivity contribution in [2.24, 2.45) is 0 Å². The normalized spacial score (nSPS) is 14.3. The molecule has 39 heavy (non-hydrogen) atoms. The molecule has 200 valence electrons. The van der Waals surface area contributed by atoms with E-state index >= 15 is 0 Å². The fraction of sp³-hybridized carbons (Fsp3) is 0.323. The van der Waals surface area contributed by atoms with Gasteiger partial charge in [0.25, 0.3) is 0 Å². The summed E-state index contributed by atoms with van der Waals surface area (Å²) < 4.78 is 25.7. The molecule has 0 fully saturated rings. The van der Waals surface area contributed by atoms with Crippen LogP contribution in [0.3, 0.4) is 0 Å². The second-order valence-corrected chi connectivity index (χ2v) is 11.7. The van der Waals surface area contributed by atoms with E-state index < -0.39 is 0 Å². The molecule has 0 saturated heterocycles. The number of hydrogen-bond donors (Lipinski definition) is 0. The van der Waals surface area contributed by atoms with Crippen LogP contribution < -0.4 is 24.4 Å². The first-order chi connectivity index (χ1) is 19.2. The lowest BCUT2D eigenvalue weighted by Crippen LogP contribution is -2.14. The number of fused-ring (bicyclic) bond motifs is 4. The van der Waals surface area contributed by atoms with Crippen LogP contribution in [0.4, 0.5) is 0 Å². The summed E-state index contributed by atoms with van der Waals surface area (Å²) in [5.41, 5.74) is 3.92. The molecule has 2 aliphatic rings. The zero-order valence-corrected chi connectivity index (χ0v) is 23.4. The maximum absolute atomic E-state index is 14.1. The number of benzene rings is 2. The summed E-state index contributed by atoms with van der Waals surface area (Å²) in [6.45, 7) is 5.27. The highest BCUT2D eigenvalue weighted by molar-refractivity contribution is 7.14. The van der Waals surface area contributed by atoms with Crippen molar-refractivity contribution in [2.75, 3.05) is 26.4 Å². The average Bonchev–Trinajstić information content (AvgIpc) is 3.61. The zero-order valence-electron chi connectivity index (χ0n) is 21.8. The Bertz CT molecular complexity index is 1630. The number of thiophene rings is 2. The second kappa shape index (κ2) is 10.2. The Balaban J connectivity index is 1.40. The van der Waals surface area contributed by atoms with E-state index in [2.05, 4.69) is 35.8 Å². The smallest absolute Gasteiger partial charge is 0.197 e. The quantitative estimate of drug-likeness (QED) is 0.151. The summed E-state index contributed by atoms with van der Waals surface area (Å²) in [5.74, 6) is 3.11. The monoisotopic (exact) mass is 559 g/mol. The molecular weight excluding hydrogens is 530 g/mol. The predicted octanol–water partition coefficient (Wildman–Crippen LogP) is 7.73. The van der Waals surface area contributed by atoms with Crippen molar-refractivity contribution >= 4 is 44.5 Å². The van der Waals surface area contributed by atoms with Gasteiger partial charge >= 0.3 is 0 Å². The fourth-order valence-electron chi connectivity index (χ4n) is 5.53. The molecule has 8 heteroatoms. The number of nitrogens with zero attached hydrogens (tertiary/aromatic N) is 1. The number of hydrogen-bond acceptors (Lipinski definition) is 7. The molecule has 0 spiro atoms. The van der Waals surface area contributed by atoms with Crippen molar-refractivity contribution in [1.82, 2.24) is 4.57 Å². The Morgan fingerprint density at radius 2 is 1.26 bits per heavy atom. The zero-order chi connectivity index (χ0) is 26.3. The Morgan fingerprint density at radius 3 is 1.79 bits per heavy atom. The standard InChI is InChI=1S/C31H29NO5S2/c1-2-3-4-5-10-32-23-8-6-19(30-28-25(17-38-30)34-11-13-36-28)15-21(23)27(33)22-16-20(7-9-24(22)32)31-29-26(18-39-31)35-12-14-37-29/h6-9,15-18H,2-5,10-14H2,1H3. The van der Waals surface area contributed by atoms with E-state index in [9.17, 15) is 4.79 Å². The van der Waals surface area contributed by atoms with Crippen LogP contribution in [0.15, 0.2) is 52.0 Å². The maximum atomic E-state index is 14.1. The van der Waals surface area contributed by atoms with Gasteiger partial charge in [-0.25, -0.2) is 0 Å². The molecule has 2 aliphatic heterocycles. The molecule has 0 amide bonds. The minimum atomic E-state index is 0.0405. The lowest BCUT2D eigenvalue weighted by Gasteiger charge is -2.18. The Morgan fingerprint density at radius 1 is 0.718 bits per heavy atom. The summed E-state index contributed by atoms with van der Waals surface area (Å²) in [4.78, 5) is 16.1. The summed E-state index contributed by atoms with van der Waals surface area (Å²) in [7, 11) is 0. The molecule has 5 heterocycles. The highest BCUT2D eigenvalue weighted by atomic mass is 32.1. The van der Waals surface area contributed by atoms with E-state index in [1.54, 1.807) is 22.7 Å². The first kappa shape index (κ1) is 24.5. The molecule has 2 aromatic carbocycles. The largest absolute Gasteiger partial charge is 0.485 e.